The molecule has 3 unspecified atom stereocenters. The molecule has 0 spiro atoms. The van der Waals surface area contributed by atoms with Gasteiger partial charge < -0.3 is 15.7 Å². The van der Waals surface area contributed by atoms with Crippen molar-refractivity contribution in [3.63, 3.8) is 0 Å². The second-order valence-electron chi connectivity index (χ2n) is 6.39. The second-order valence-corrected chi connectivity index (χ2v) is 6.39. The number of nitrogens with two attached hydrogens (primary N) is 1. The van der Waals surface area contributed by atoms with Crippen LogP contribution in [0.4, 0.5) is 0 Å². The van der Waals surface area contributed by atoms with E-state index in [0.717, 1.165) is 38.5 Å². The van der Waals surface area contributed by atoms with Crippen molar-refractivity contribution in [3.05, 3.63) is 0 Å². The summed E-state index contributed by atoms with van der Waals surface area (Å²) in [6.45, 7) is -0.0287. The van der Waals surface area contributed by atoms with Gasteiger partial charge in [0.2, 0.25) is 5.91 Å². The van der Waals surface area contributed by atoms with Crippen LogP contribution in [0.15, 0.2) is 0 Å². The first kappa shape index (κ1) is 12.9. The number of hydrogen-bond acceptors (Lipinski definition) is 4. The van der Waals surface area contributed by atoms with E-state index in [1.165, 1.54) is 0 Å². The molecule has 3 aliphatic rings. The zero-order valence-electron chi connectivity index (χ0n) is 11.1. The van der Waals surface area contributed by atoms with Crippen LogP contribution in [0, 0.1) is 22.7 Å². The van der Waals surface area contributed by atoms with Crippen LogP contribution in [0.25, 0.3) is 0 Å². The van der Waals surface area contributed by atoms with Crippen LogP contribution in [0.5, 0.6) is 0 Å². The zero-order chi connectivity index (χ0) is 13.6. The van der Waals surface area contributed by atoms with Crippen LogP contribution in [-0.2, 0) is 4.79 Å². The molecule has 0 aromatic rings. The molecule has 5 heteroatoms. The summed E-state index contributed by atoms with van der Waals surface area (Å²) >= 11 is 0. The Kier molecular flexibility index (Phi) is 3.03. The van der Waals surface area contributed by atoms with Crippen molar-refractivity contribution in [3.8, 4) is 6.07 Å². The number of hydrogen-bond donors (Lipinski definition) is 2. The summed E-state index contributed by atoms with van der Waals surface area (Å²) in [5, 5.41) is 18.8. The molecular weight excluding hydrogens is 242 g/mol. The van der Waals surface area contributed by atoms with Crippen LogP contribution in [-0.4, -0.2) is 40.6 Å². The molecule has 3 fully saturated rings. The fourth-order valence-electron chi connectivity index (χ4n) is 3.96. The van der Waals surface area contributed by atoms with Gasteiger partial charge >= 0.3 is 0 Å². The molecule has 1 aliphatic heterocycles. The zero-order valence-corrected chi connectivity index (χ0v) is 11.1. The maximum atomic E-state index is 12.6. The summed E-state index contributed by atoms with van der Waals surface area (Å²) in [6, 6.07) is 1.49. The Morgan fingerprint density at radius 3 is 2.74 bits per heavy atom. The molecule has 5 nitrogen and oxygen atoms in total. The lowest BCUT2D eigenvalue weighted by atomic mass is 9.79. The maximum Gasteiger partial charge on any atom is 0.241 e. The molecular formula is C14H21N3O2. The van der Waals surface area contributed by atoms with Crippen molar-refractivity contribution in [1.29, 1.82) is 5.26 Å². The molecule has 19 heavy (non-hydrogen) atoms. The van der Waals surface area contributed by atoms with Crippen LogP contribution in [0.1, 0.15) is 38.5 Å². The minimum atomic E-state index is -0.657. The molecule has 1 saturated heterocycles. The SMILES string of the molecule is N#CC1C[C@@H]2CC2N1C(=O)C(N)C1(CO)CCCC1. The third-order valence-electron chi connectivity index (χ3n) is 5.35. The minimum Gasteiger partial charge on any atom is -0.396 e. The molecule has 4 atom stereocenters. The van der Waals surface area contributed by atoms with E-state index >= 15 is 0 Å². The van der Waals surface area contributed by atoms with Crippen LogP contribution < -0.4 is 5.73 Å². The Labute approximate surface area is 113 Å². The lowest BCUT2D eigenvalue weighted by Gasteiger charge is -2.36. The van der Waals surface area contributed by atoms with E-state index in [-0.39, 0.29) is 24.6 Å². The van der Waals surface area contributed by atoms with Gasteiger partial charge in [-0.1, -0.05) is 12.8 Å². The van der Waals surface area contributed by atoms with E-state index in [1.54, 1.807) is 4.90 Å². The Balaban J connectivity index is 1.78. The van der Waals surface area contributed by atoms with Crippen molar-refractivity contribution in [1.82, 2.24) is 4.90 Å². The van der Waals surface area contributed by atoms with Crippen LogP contribution in [0.3, 0.4) is 0 Å². The molecule has 2 aliphatic carbocycles. The van der Waals surface area contributed by atoms with Gasteiger partial charge in [-0.05, 0) is 31.6 Å². The average Bonchev–Trinajstić information content (AvgIpc) is 2.91. The quantitative estimate of drug-likeness (QED) is 0.770. The maximum absolute atomic E-state index is 12.6. The highest BCUT2D eigenvalue weighted by molar-refractivity contribution is 5.84. The van der Waals surface area contributed by atoms with E-state index < -0.39 is 11.5 Å². The first-order valence-corrected chi connectivity index (χ1v) is 7.21. The topological polar surface area (TPSA) is 90.4 Å². The van der Waals surface area contributed by atoms with E-state index in [2.05, 4.69) is 6.07 Å². The van der Waals surface area contributed by atoms with Gasteiger partial charge in [-0.3, -0.25) is 4.79 Å². The van der Waals surface area contributed by atoms with Crippen LogP contribution >= 0.6 is 0 Å². The Hall–Kier alpha value is -1.12. The van der Waals surface area contributed by atoms with E-state index in [0.29, 0.717) is 5.92 Å². The largest absolute Gasteiger partial charge is 0.396 e. The molecule has 2 saturated carbocycles. The van der Waals surface area contributed by atoms with E-state index in [9.17, 15) is 9.90 Å². The molecule has 0 radical (unpaired) electrons. The third kappa shape index (κ3) is 1.86. The van der Waals surface area contributed by atoms with Crippen molar-refractivity contribution in [2.45, 2.75) is 56.7 Å². The number of likely N-dealkylation sites (tertiary alicyclic amines) is 1. The number of aliphatic hydroxyl groups excluding tert-OH is 1. The van der Waals surface area contributed by atoms with Gasteiger partial charge in [-0.2, -0.15) is 5.26 Å². The molecule has 3 rings (SSSR count). The number of nitrogens with zero attached hydrogens (tertiary/aromatic N) is 2. The Morgan fingerprint density at radius 1 is 1.47 bits per heavy atom. The van der Waals surface area contributed by atoms with Crippen molar-refractivity contribution < 1.29 is 9.90 Å². The van der Waals surface area contributed by atoms with Gasteiger partial charge in [0.25, 0.3) is 0 Å². The Bertz CT molecular complexity index is 425. The monoisotopic (exact) mass is 263 g/mol. The first-order valence-electron chi connectivity index (χ1n) is 7.21. The van der Waals surface area contributed by atoms with E-state index in [1.807, 2.05) is 0 Å². The second kappa shape index (κ2) is 4.46. The van der Waals surface area contributed by atoms with Gasteiger partial charge in [0.1, 0.15) is 6.04 Å². The summed E-state index contributed by atoms with van der Waals surface area (Å²) in [5.41, 5.74) is 5.73. The molecule has 0 bridgehead atoms. The molecule has 1 heterocycles. The Morgan fingerprint density at radius 2 is 2.16 bits per heavy atom. The molecule has 1 amide bonds. The standard InChI is InChI=1S/C14H21N3O2/c15-7-10-5-9-6-11(9)17(10)13(19)12(16)14(8-18)3-1-2-4-14/h9-12,18H,1-6,8,16H2/t9-,10?,11?,12?/m1/s1. The summed E-state index contributed by atoms with van der Waals surface area (Å²) in [5.74, 6) is 0.391. The predicted molar refractivity (Wildman–Crippen MR) is 68.7 cm³/mol. The average molecular weight is 263 g/mol. The lowest BCUT2D eigenvalue weighted by molar-refractivity contribution is -0.137. The van der Waals surface area contributed by atoms with Gasteiger partial charge in [-0.15, -0.1) is 0 Å². The smallest absolute Gasteiger partial charge is 0.241 e. The highest BCUT2D eigenvalue weighted by Gasteiger charge is 2.56. The number of rotatable bonds is 3. The minimum absolute atomic E-state index is 0.0287. The first-order chi connectivity index (χ1) is 9.13. The molecule has 0 aromatic carbocycles. The molecule has 104 valence electrons. The number of piperidine rings is 1. The number of aliphatic hydroxyl groups is 1. The fraction of sp³-hybridized carbons (Fsp3) is 0.857. The third-order valence-corrected chi connectivity index (χ3v) is 5.35. The predicted octanol–water partition coefficient (Wildman–Crippen LogP) is 0.379. The van der Waals surface area contributed by atoms with Gasteiger partial charge in [0, 0.05) is 11.5 Å². The summed E-state index contributed by atoms with van der Waals surface area (Å²) in [4.78, 5) is 14.4. The van der Waals surface area contributed by atoms with Gasteiger partial charge in [0.15, 0.2) is 0 Å². The highest BCUT2D eigenvalue weighted by Crippen LogP contribution is 2.49. The molecule has 0 aromatic heterocycles. The van der Waals surface area contributed by atoms with Gasteiger partial charge in [-0.25, -0.2) is 0 Å². The number of carbonyl (C=O) groups excluding carboxylic acids is 1. The fourth-order valence-corrected chi connectivity index (χ4v) is 3.96. The normalized spacial score (nSPS) is 36.7. The van der Waals surface area contributed by atoms with E-state index in [4.69, 9.17) is 11.0 Å². The van der Waals surface area contributed by atoms with Crippen molar-refractivity contribution >= 4 is 5.91 Å². The number of fused-ring (bicyclic) bond motifs is 1. The lowest BCUT2D eigenvalue weighted by Crippen LogP contribution is -2.55. The van der Waals surface area contributed by atoms with Crippen LogP contribution in [0.2, 0.25) is 0 Å². The summed E-state index contributed by atoms with van der Waals surface area (Å²) in [6.07, 6.45) is 5.49. The number of carbonyl (C=O) groups is 1. The molecule has 3 N–H and O–H groups in total. The summed E-state index contributed by atoms with van der Waals surface area (Å²) in [7, 11) is 0. The van der Waals surface area contributed by atoms with Gasteiger partial charge in [0.05, 0.1) is 18.7 Å². The van der Waals surface area contributed by atoms with Crippen molar-refractivity contribution in [2.75, 3.05) is 6.61 Å². The van der Waals surface area contributed by atoms with Crippen molar-refractivity contribution in [2.24, 2.45) is 17.1 Å². The highest BCUT2D eigenvalue weighted by atomic mass is 16.3. The summed E-state index contributed by atoms with van der Waals surface area (Å²) < 4.78 is 0. The number of nitriles is 1. The number of amides is 1.